The number of methoxy groups -OCH3 is 1. The van der Waals surface area contributed by atoms with Gasteiger partial charge >= 0.3 is 5.97 Å². The summed E-state index contributed by atoms with van der Waals surface area (Å²) >= 11 is 0. The van der Waals surface area contributed by atoms with Gasteiger partial charge in [-0.3, -0.25) is 4.79 Å². The molecule has 2 unspecified atom stereocenters. The van der Waals surface area contributed by atoms with E-state index >= 15 is 0 Å². The van der Waals surface area contributed by atoms with Crippen LogP contribution in [0.1, 0.15) is 83.4 Å². The lowest BCUT2D eigenvalue weighted by molar-refractivity contribution is -0.140. The fraction of sp³-hybridized carbons (Fsp3) is 0.517. The van der Waals surface area contributed by atoms with Crippen LogP contribution in [0.15, 0.2) is 42.5 Å². The standard InChI is InChI=1S/C29H39N3O2/c1-19(2)22-9-11-23(12-10-22)30-28-31-25-16-21(8-14-27(33)34-6)7-13-26(25)32(28)24-15-20(3)17-29(4,5)18-24/h7,9-13,16,19-20,24H,8,14-15,17-18H2,1-6H3,(H,30,31). The van der Waals surface area contributed by atoms with Crippen LogP contribution >= 0.6 is 0 Å². The highest BCUT2D eigenvalue weighted by molar-refractivity contribution is 5.81. The van der Waals surface area contributed by atoms with Crippen molar-refractivity contribution in [1.29, 1.82) is 0 Å². The number of esters is 1. The van der Waals surface area contributed by atoms with Gasteiger partial charge in [-0.1, -0.05) is 52.8 Å². The van der Waals surface area contributed by atoms with Crippen LogP contribution in [0.2, 0.25) is 0 Å². The normalized spacial score (nSPS) is 20.0. The summed E-state index contributed by atoms with van der Waals surface area (Å²) in [4.78, 5) is 16.7. The summed E-state index contributed by atoms with van der Waals surface area (Å²) in [6, 6.07) is 15.5. The lowest BCUT2D eigenvalue weighted by Crippen LogP contribution is -2.29. The Balaban J connectivity index is 1.72. The number of benzene rings is 2. The fourth-order valence-electron chi connectivity index (χ4n) is 5.68. The molecule has 182 valence electrons. The molecule has 0 radical (unpaired) electrons. The van der Waals surface area contributed by atoms with Gasteiger partial charge in [0.05, 0.1) is 18.1 Å². The number of aromatic nitrogens is 2. The molecular formula is C29H39N3O2. The molecule has 1 aliphatic carbocycles. The number of fused-ring (bicyclic) bond motifs is 1. The molecule has 2 atom stereocenters. The van der Waals surface area contributed by atoms with E-state index in [-0.39, 0.29) is 5.97 Å². The molecule has 1 aromatic heterocycles. The van der Waals surface area contributed by atoms with Gasteiger partial charge in [-0.15, -0.1) is 0 Å². The number of aryl methyl sites for hydroxylation is 1. The van der Waals surface area contributed by atoms with E-state index in [2.05, 4.69) is 87.0 Å². The molecule has 1 aliphatic rings. The summed E-state index contributed by atoms with van der Waals surface area (Å²) in [7, 11) is 1.44. The van der Waals surface area contributed by atoms with Gasteiger partial charge in [0.15, 0.2) is 0 Å². The maximum absolute atomic E-state index is 11.6. The first kappa shape index (κ1) is 24.3. The number of rotatable bonds is 7. The summed E-state index contributed by atoms with van der Waals surface area (Å²) in [5, 5.41) is 3.62. The molecule has 2 aromatic carbocycles. The third-order valence-corrected chi connectivity index (χ3v) is 7.16. The van der Waals surface area contributed by atoms with Crippen LogP contribution in [-0.4, -0.2) is 22.6 Å². The number of carbonyl (C=O) groups is 1. The molecule has 3 aromatic rings. The Bertz CT molecular complexity index is 1140. The molecule has 1 heterocycles. The average Bonchev–Trinajstić information content (AvgIpc) is 3.13. The minimum absolute atomic E-state index is 0.184. The third-order valence-electron chi connectivity index (χ3n) is 7.16. The summed E-state index contributed by atoms with van der Waals surface area (Å²) in [5.74, 6) is 1.89. The van der Waals surface area contributed by atoms with Gasteiger partial charge < -0.3 is 14.6 Å². The van der Waals surface area contributed by atoms with Crippen LogP contribution in [0.4, 0.5) is 11.6 Å². The van der Waals surface area contributed by atoms with E-state index in [0.717, 1.165) is 41.1 Å². The first-order valence-electron chi connectivity index (χ1n) is 12.6. The minimum Gasteiger partial charge on any atom is -0.469 e. The van der Waals surface area contributed by atoms with Gasteiger partial charge in [0.2, 0.25) is 5.95 Å². The molecule has 34 heavy (non-hydrogen) atoms. The molecule has 5 heteroatoms. The Kier molecular flexibility index (Phi) is 7.01. The zero-order valence-corrected chi connectivity index (χ0v) is 21.5. The highest BCUT2D eigenvalue weighted by Crippen LogP contribution is 2.46. The van der Waals surface area contributed by atoms with Crippen LogP contribution in [0, 0.1) is 11.3 Å². The Morgan fingerprint density at radius 1 is 1.18 bits per heavy atom. The van der Waals surface area contributed by atoms with Gasteiger partial charge in [0.1, 0.15) is 0 Å². The first-order chi connectivity index (χ1) is 16.1. The zero-order valence-electron chi connectivity index (χ0n) is 21.5. The van der Waals surface area contributed by atoms with Crippen molar-refractivity contribution in [2.45, 2.75) is 78.7 Å². The van der Waals surface area contributed by atoms with Crippen LogP contribution in [-0.2, 0) is 16.0 Å². The summed E-state index contributed by atoms with van der Waals surface area (Å²) in [5.41, 5.74) is 5.91. The van der Waals surface area contributed by atoms with Gasteiger partial charge in [-0.25, -0.2) is 4.98 Å². The fourth-order valence-corrected chi connectivity index (χ4v) is 5.68. The maximum Gasteiger partial charge on any atom is 0.305 e. The Hall–Kier alpha value is -2.82. The average molecular weight is 462 g/mol. The lowest BCUT2D eigenvalue weighted by atomic mass is 9.70. The van der Waals surface area contributed by atoms with Gasteiger partial charge in [0.25, 0.3) is 0 Å². The predicted octanol–water partition coefficient (Wildman–Crippen LogP) is 7.40. The van der Waals surface area contributed by atoms with Crippen LogP contribution in [0.3, 0.4) is 0 Å². The highest BCUT2D eigenvalue weighted by Gasteiger charge is 2.34. The Labute approximate surface area is 203 Å². The number of ether oxygens (including phenoxy) is 1. The number of imidazole rings is 1. The van der Waals surface area contributed by atoms with E-state index in [1.54, 1.807) is 0 Å². The van der Waals surface area contributed by atoms with Gasteiger partial charge in [-0.2, -0.15) is 0 Å². The van der Waals surface area contributed by atoms with Crippen molar-refractivity contribution in [2.24, 2.45) is 11.3 Å². The molecule has 0 amide bonds. The molecule has 0 spiro atoms. The van der Waals surface area contributed by atoms with Gasteiger partial charge in [0, 0.05) is 18.2 Å². The van der Waals surface area contributed by atoms with E-state index in [0.29, 0.717) is 36.1 Å². The van der Waals surface area contributed by atoms with Crippen molar-refractivity contribution < 1.29 is 9.53 Å². The molecule has 0 saturated heterocycles. The molecule has 1 fully saturated rings. The Morgan fingerprint density at radius 3 is 2.56 bits per heavy atom. The number of hydrogen-bond donors (Lipinski definition) is 1. The van der Waals surface area contributed by atoms with Crippen molar-refractivity contribution in [3.8, 4) is 0 Å². The second kappa shape index (κ2) is 9.81. The molecule has 5 nitrogen and oxygen atoms in total. The van der Waals surface area contributed by atoms with Crippen molar-refractivity contribution in [3.63, 3.8) is 0 Å². The second-order valence-corrected chi connectivity index (χ2v) is 11.2. The van der Waals surface area contributed by atoms with Crippen LogP contribution in [0.5, 0.6) is 0 Å². The number of anilines is 2. The van der Waals surface area contributed by atoms with E-state index in [1.165, 1.54) is 19.1 Å². The molecule has 0 aliphatic heterocycles. The van der Waals surface area contributed by atoms with Crippen LogP contribution in [0.25, 0.3) is 11.0 Å². The molecule has 1 N–H and O–H groups in total. The SMILES string of the molecule is COC(=O)CCc1ccc2c(c1)nc(Nc1ccc(C(C)C)cc1)n2C1CC(C)CC(C)(C)C1. The summed E-state index contributed by atoms with van der Waals surface area (Å²) in [6.07, 6.45) is 4.58. The second-order valence-electron chi connectivity index (χ2n) is 11.2. The summed E-state index contributed by atoms with van der Waals surface area (Å²) in [6.45, 7) is 11.6. The lowest BCUT2D eigenvalue weighted by Gasteiger charge is -2.40. The van der Waals surface area contributed by atoms with Crippen LogP contribution < -0.4 is 5.32 Å². The van der Waals surface area contributed by atoms with Crippen molar-refractivity contribution in [3.05, 3.63) is 53.6 Å². The number of nitrogens with one attached hydrogen (secondary N) is 1. The smallest absolute Gasteiger partial charge is 0.305 e. The molecular weight excluding hydrogens is 422 g/mol. The van der Waals surface area contributed by atoms with E-state index in [4.69, 9.17) is 9.72 Å². The number of hydrogen-bond acceptors (Lipinski definition) is 4. The Morgan fingerprint density at radius 2 is 1.91 bits per heavy atom. The minimum atomic E-state index is -0.184. The highest BCUT2D eigenvalue weighted by atomic mass is 16.5. The van der Waals surface area contributed by atoms with E-state index < -0.39 is 0 Å². The van der Waals surface area contributed by atoms with E-state index in [1.807, 2.05) is 0 Å². The first-order valence-corrected chi connectivity index (χ1v) is 12.6. The monoisotopic (exact) mass is 461 g/mol. The largest absolute Gasteiger partial charge is 0.469 e. The maximum atomic E-state index is 11.6. The number of nitrogens with zero attached hydrogens (tertiary/aromatic N) is 2. The molecule has 4 rings (SSSR count). The van der Waals surface area contributed by atoms with Crippen molar-refractivity contribution in [2.75, 3.05) is 12.4 Å². The van der Waals surface area contributed by atoms with E-state index in [9.17, 15) is 4.79 Å². The topological polar surface area (TPSA) is 56.1 Å². The number of carbonyl (C=O) groups excluding carboxylic acids is 1. The zero-order chi connectivity index (χ0) is 24.5. The third kappa shape index (κ3) is 5.45. The molecule has 0 bridgehead atoms. The summed E-state index contributed by atoms with van der Waals surface area (Å²) < 4.78 is 7.24. The van der Waals surface area contributed by atoms with Crippen molar-refractivity contribution in [1.82, 2.24) is 9.55 Å². The quantitative estimate of drug-likeness (QED) is 0.373. The van der Waals surface area contributed by atoms with Crippen molar-refractivity contribution >= 4 is 28.6 Å². The van der Waals surface area contributed by atoms with Gasteiger partial charge in [-0.05, 0) is 78.3 Å². The predicted molar refractivity (Wildman–Crippen MR) is 140 cm³/mol. The molecule has 1 saturated carbocycles.